The molecule has 0 unspecified atom stereocenters. The van der Waals surface area contributed by atoms with Gasteiger partial charge in [-0.05, 0) is 37.5 Å². The first-order valence-electron chi connectivity index (χ1n) is 8.48. The van der Waals surface area contributed by atoms with Crippen LogP contribution in [0.3, 0.4) is 0 Å². The van der Waals surface area contributed by atoms with Gasteiger partial charge in [0.05, 0.1) is 5.57 Å². The molecule has 0 amide bonds. The van der Waals surface area contributed by atoms with E-state index in [1.165, 1.54) is 0 Å². The molecular weight excluding hydrogens is 328 g/mol. The number of hydrogen-bond acceptors (Lipinski definition) is 5. The van der Waals surface area contributed by atoms with Crippen LogP contribution in [0.15, 0.2) is 22.3 Å². The van der Waals surface area contributed by atoms with E-state index in [-0.39, 0.29) is 47.5 Å². The molecule has 0 fully saturated rings. The number of cyclic esters (lactones) is 2. The lowest BCUT2D eigenvalue weighted by Gasteiger charge is -2.20. The minimum atomic E-state index is -1.28. The van der Waals surface area contributed by atoms with E-state index in [4.69, 9.17) is 4.74 Å². The number of carboxylic acids is 2. The van der Waals surface area contributed by atoms with Crippen molar-refractivity contribution < 1.29 is 34.1 Å². The number of rotatable bonds is 5. The van der Waals surface area contributed by atoms with E-state index >= 15 is 0 Å². The highest BCUT2D eigenvalue weighted by molar-refractivity contribution is 6.12. The summed E-state index contributed by atoms with van der Waals surface area (Å²) < 4.78 is 4.72. The van der Waals surface area contributed by atoms with Crippen LogP contribution < -0.4 is 0 Å². The van der Waals surface area contributed by atoms with Crippen molar-refractivity contribution in [3.63, 3.8) is 0 Å². The summed E-state index contributed by atoms with van der Waals surface area (Å²) >= 11 is 0. The van der Waals surface area contributed by atoms with Crippen molar-refractivity contribution >= 4 is 23.9 Å². The Morgan fingerprint density at radius 1 is 1.00 bits per heavy atom. The summed E-state index contributed by atoms with van der Waals surface area (Å²) in [6.07, 6.45) is 1.87. The van der Waals surface area contributed by atoms with Crippen LogP contribution in [0, 0.1) is 11.8 Å². The number of carboxylic acid groups (broad SMARTS) is 2. The fraction of sp³-hybridized carbons (Fsp3) is 0.556. The largest absolute Gasteiger partial charge is 0.478 e. The van der Waals surface area contributed by atoms with E-state index < -0.39 is 29.8 Å². The molecule has 2 N–H and O–H groups in total. The molecule has 1 aliphatic carbocycles. The van der Waals surface area contributed by atoms with Crippen LogP contribution in [0.1, 0.15) is 52.4 Å². The number of aliphatic carboxylic acids is 2. The average molecular weight is 350 g/mol. The Labute approximate surface area is 145 Å². The van der Waals surface area contributed by atoms with E-state index in [0.29, 0.717) is 19.3 Å². The number of hydrogen-bond donors (Lipinski definition) is 2. The molecule has 2 rings (SSSR count). The van der Waals surface area contributed by atoms with Crippen molar-refractivity contribution in [2.45, 2.75) is 52.4 Å². The van der Waals surface area contributed by atoms with Crippen molar-refractivity contribution in [1.82, 2.24) is 0 Å². The molecule has 25 heavy (non-hydrogen) atoms. The third kappa shape index (κ3) is 3.81. The molecule has 0 aromatic heterocycles. The standard InChI is InChI=1S/C18H22O7/c1-3-5-10-8-12-11(17(23)25-18(12)24)6-9(4-2)7-13(15(19)20)14(10)16(21)22/h9-10H,3-8H2,1-2H3,(H,19,20)(H,21,22)/b14-13-/t9-,10+/m1/s1. The van der Waals surface area contributed by atoms with E-state index in [1.807, 2.05) is 13.8 Å². The van der Waals surface area contributed by atoms with E-state index in [1.54, 1.807) is 0 Å². The lowest BCUT2D eigenvalue weighted by molar-refractivity contribution is -0.151. The van der Waals surface area contributed by atoms with Crippen LogP contribution in [0.4, 0.5) is 0 Å². The Kier molecular flexibility index (Phi) is 5.77. The molecule has 0 spiro atoms. The summed E-state index contributed by atoms with van der Waals surface area (Å²) in [4.78, 5) is 47.6. The van der Waals surface area contributed by atoms with Crippen molar-refractivity contribution in [3.05, 3.63) is 22.3 Å². The van der Waals surface area contributed by atoms with Crippen LogP contribution in [0.5, 0.6) is 0 Å². The second-order valence-corrected chi connectivity index (χ2v) is 6.51. The summed E-state index contributed by atoms with van der Waals surface area (Å²) in [7, 11) is 0. The van der Waals surface area contributed by atoms with Crippen LogP contribution in [0.25, 0.3) is 0 Å². The Hall–Kier alpha value is -2.44. The Morgan fingerprint density at radius 2 is 1.60 bits per heavy atom. The summed E-state index contributed by atoms with van der Waals surface area (Å²) in [6, 6.07) is 0. The predicted molar refractivity (Wildman–Crippen MR) is 86.5 cm³/mol. The van der Waals surface area contributed by atoms with Gasteiger partial charge in [-0.15, -0.1) is 0 Å². The zero-order chi connectivity index (χ0) is 18.7. The lowest BCUT2D eigenvalue weighted by atomic mass is 9.84. The summed E-state index contributed by atoms with van der Waals surface area (Å²) in [5, 5.41) is 19.2. The molecule has 2 aliphatic rings. The quantitative estimate of drug-likeness (QED) is 0.577. The van der Waals surface area contributed by atoms with Gasteiger partial charge in [0.2, 0.25) is 0 Å². The van der Waals surface area contributed by atoms with Gasteiger partial charge in [0.25, 0.3) is 0 Å². The maximum absolute atomic E-state index is 12.1. The van der Waals surface area contributed by atoms with E-state index in [2.05, 4.69) is 0 Å². The number of carbonyl (C=O) groups excluding carboxylic acids is 2. The Balaban J connectivity index is 2.64. The molecular formula is C18H22O7. The van der Waals surface area contributed by atoms with Crippen LogP contribution in [0.2, 0.25) is 0 Å². The highest BCUT2D eigenvalue weighted by Gasteiger charge is 2.39. The summed E-state index contributed by atoms with van der Waals surface area (Å²) in [5.74, 6) is -4.86. The predicted octanol–water partition coefficient (Wildman–Crippen LogP) is 2.46. The third-order valence-electron chi connectivity index (χ3n) is 4.92. The first kappa shape index (κ1) is 18.9. The molecule has 0 saturated carbocycles. The van der Waals surface area contributed by atoms with Gasteiger partial charge in [-0.3, -0.25) is 0 Å². The summed E-state index contributed by atoms with van der Waals surface area (Å²) in [6.45, 7) is 3.70. The zero-order valence-corrected chi connectivity index (χ0v) is 14.3. The fourth-order valence-corrected chi connectivity index (χ4v) is 3.61. The van der Waals surface area contributed by atoms with Gasteiger partial charge in [0, 0.05) is 16.7 Å². The number of carbonyl (C=O) groups is 4. The summed E-state index contributed by atoms with van der Waals surface area (Å²) in [5.41, 5.74) is 0.190. The van der Waals surface area contributed by atoms with Crippen molar-refractivity contribution in [3.8, 4) is 0 Å². The van der Waals surface area contributed by atoms with Gasteiger partial charge in [-0.25, -0.2) is 19.2 Å². The minimum Gasteiger partial charge on any atom is -0.478 e. The number of ether oxygens (including phenoxy) is 1. The molecule has 0 saturated heterocycles. The van der Waals surface area contributed by atoms with Gasteiger partial charge < -0.3 is 14.9 Å². The van der Waals surface area contributed by atoms with Crippen molar-refractivity contribution in [2.24, 2.45) is 11.8 Å². The minimum absolute atomic E-state index is 0.0165. The second-order valence-electron chi connectivity index (χ2n) is 6.51. The van der Waals surface area contributed by atoms with Gasteiger partial charge in [-0.2, -0.15) is 0 Å². The van der Waals surface area contributed by atoms with Gasteiger partial charge >= 0.3 is 23.9 Å². The second kappa shape index (κ2) is 7.63. The molecule has 136 valence electrons. The average Bonchev–Trinajstić information content (AvgIpc) is 2.82. The van der Waals surface area contributed by atoms with E-state index in [0.717, 1.165) is 0 Å². The monoisotopic (exact) mass is 350 g/mol. The lowest BCUT2D eigenvalue weighted by Crippen LogP contribution is -2.21. The molecule has 0 bridgehead atoms. The SMILES string of the molecule is CCC[C@H]1CC2=C(C[C@@H](CC)C/C(C(=O)O)=C\1C(=O)O)C(=O)OC2=O. The van der Waals surface area contributed by atoms with Crippen molar-refractivity contribution in [2.75, 3.05) is 0 Å². The molecule has 7 nitrogen and oxygen atoms in total. The molecule has 1 aliphatic heterocycles. The van der Waals surface area contributed by atoms with Crippen molar-refractivity contribution in [1.29, 1.82) is 0 Å². The molecule has 0 aromatic carbocycles. The van der Waals surface area contributed by atoms with Crippen LogP contribution in [-0.2, 0) is 23.9 Å². The van der Waals surface area contributed by atoms with Gasteiger partial charge in [0.15, 0.2) is 0 Å². The molecule has 2 atom stereocenters. The normalized spacial score (nSPS) is 27.3. The van der Waals surface area contributed by atoms with Gasteiger partial charge in [-0.1, -0.05) is 26.7 Å². The maximum atomic E-state index is 12.1. The third-order valence-corrected chi connectivity index (χ3v) is 4.92. The highest BCUT2D eigenvalue weighted by atomic mass is 16.6. The van der Waals surface area contributed by atoms with E-state index in [9.17, 15) is 29.4 Å². The Bertz CT molecular complexity index is 684. The molecule has 0 aromatic rings. The number of esters is 2. The maximum Gasteiger partial charge on any atom is 0.342 e. The smallest absolute Gasteiger partial charge is 0.342 e. The first-order chi connectivity index (χ1) is 11.8. The van der Waals surface area contributed by atoms with Crippen LogP contribution in [-0.4, -0.2) is 34.1 Å². The van der Waals surface area contributed by atoms with Crippen LogP contribution >= 0.6 is 0 Å². The van der Waals surface area contributed by atoms with Gasteiger partial charge in [0.1, 0.15) is 0 Å². The molecule has 7 heteroatoms. The highest BCUT2D eigenvalue weighted by Crippen LogP contribution is 2.39. The first-order valence-corrected chi connectivity index (χ1v) is 8.48. The Morgan fingerprint density at radius 3 is 2.08 bits per heavy atom. The topological polar surface area (TPSA) is 118 Å². The molecule has 1 heterocycles. The zero-order valence-electron chi connectivity index (χ0n) is 14.3. The molecule has 0 radical (unpaired) electrons. The fourth-order valence-electron chi connectivity index (χ4n) is 3.61.